The Kier molecular flexibility index (Phi) is 5.44. The molecule has 0 N–H and O–H groups in total. The number of hydrogen-bond donors (Lipinski definition) is 0. The highest BCUT2D eigenvalue weighted by molar-refractivity contribution is 6.31. The Labute approximate surface area is 125 Å². The molecule has 1 fully saturated rings. The van der Waals surface area contributed by atoms with Crippen LogP contribution >= 0.6 is 11.6 Å². The first-order valence-corrected chi connectivity index (χ1v) is 7.59. The van der Waals surface area contributed by atoms with Gasteiger partial charge in [0.15, 0.2) is 5.78 Å². The van der Waals surface area contributed by atoms with Gasteiger partial charge in [-0.05, 0) is 58.0 Å². The quantitative estimate of drug-likeness (QED) is 0.774. The van der Waals surface area contributed by atoms with E-state index in [0.29, 0.717) is 29.0 Å². The SMILES string of the molecule is CC(=O)c1cc(Cl)ccc1OCCC1CCCCN1C. The van der Waals surface area contributed by atoms with Gasteiger partial charge in [-0.2, -0.15) is 0 Å². The van der Waals surface area contributed by atoms with Gasteiger partial charge in [0.05, 0.1) is 12.2 Å². The fraction of sp³-hybridized carbons (Fsp3) is 0.562. The zero-order valence-corrected chi connectivity index (χ0v) is 12.9. The number of ether oxygens (including phenoxy) is 1. The number of piperidine rings is 1. The second-order valence-electron chi connectivity index (χ2n) is 5.46. The van der Waals surface area contributed by atoms with Crippen LogP contribution in [0.2, 0.25) is 5.02 Å². The molecule has 0 aliphatic carbocycles. The van der Waals surface area contributed by atoms with Crippen molar-refractivity contribution in [2.45, 2.75) is 38.6 Å². The number of ketones is 1. The topological polar surface area (TPSA) is 29.5 Å². The van der Waals surface area contributed by atoms with Gasteiger partial charge in [0, 0.05) is 11.1 Å². The highest BCUT2D eigenvalue weighted by Gasteiger charge is 2.19. The Morgan fingerprint density at radius 2 is 2.25 bits per heavy atom. The Bertz CT molecular complexity index is 476. The van der Waals surface area contributed by atoms with Crippen LogP contribution in [-0.4, -0.2) is 36.9 Å². The van der Waals surface area contributed by atoms with Gasteiger partial charge in [-0.25, -0.2) is 0 Å². The molecule has 4 heteroatoms. The van der Waals surface area contributed by atoms with Crippen molar-refractivity contribution in [2.75, 3.05) is 20.2 Å². The van der Waals surface area contributed by atoms with Crippen molar-refractivity contribution in [3.63, 3.8) is 0 Å². The van der Waals surface area contributed by atoms with Crippen molar-refractivity contribution in [1.82, 2.24) is 4.90 Å². The summed E-state index contributed by atoms with van der Waals surface area (Å²) in [6, 6.07) is 5.81. The van der Waals surface area contributed by atoms with Crippen LogP contribution in [0.5, 0.6) is 5.75 Å². The van der Waals surface area contributed by atoms with E-state index in [1.807, 2.05) is 0 Å². The van der Waals surface area contributed by atoms with Crippen LogP contribution in [0.1, 0.15) is 43.0 Å². The number of benzene rings is 1. The number of likely N-dealkylation sites (tertiary alicyclic amines) is 1. The average Bonchev–Trinajstić information content (AvgIpc) is 2.42. The lowest BCUT2D eigenvalue weighted by Gasteiger charge is -2.32. The van der Waals surface area contributed by atoms with E-state index >= 15 is 0 Å². The summed E-state index contributed by atoms with van der Waals surface area (Å²) in [4.78, 5) is 14.0. The molecule has 1 aliphatic heterocycles. The van der Waals surface area contributed by atoms with Crippen LogP contribution in [-0.2, 0) is 0 Å². The van der Waals surface area contributed by atoms with E-state index in [0.717, 1.165) is 6.42 Å². The molecule has 0 aromatic heterocycles. The van der Waals surface area contributed by atoms with Crippen LogP contribution in [0.4, 0.5) is 0 Å². The second kappa shape index (κ2) is 7.09. The van der Waals surface area contributed by atoms with Crippen LogP contribution in [0, 0.1) is 0 Å². The molecular formula is C16H22ClNO2. The van der Waals surface area contributed by atoms with Crippen LogP contribution < -0.4 is 4.74 Å². The molecule has 1 aliphatic rings. The van der Waals surface area contributed by atoms with Crippen LogP contribution in [0.15, 0.2) is 18.2 Å². The summed E-state index contributed by atoms with van der Waals surface area (Å²) in [5.41, 5.74) is 0.564. The van der Waals surface area contributed by atoms with E-state index in [1.165, 1.54) is 32.7 Å². The number of carbonyl (C=O) groups is 1. The molecular weight excluding hydrogens is 274 g/mol. The van der Waals surface area contributed by atoms with E-state index < -0.39 is 0 Å². The van der Waals surface area contributed by atoms with Crippen molar-refractivity contribution in [1.29, 1.82) is 0 Å². The zero-order chi connectivity index (χ0) is 14.5. The molecule has 0 saturated carbocycles. The highest BCUT2D eigenvalue weighted by Crippen LogP contribution is 2.24. The van der Waals surface area contributed by atoms with E-state index in [2.05, 4.69) is 11.9 Å². The van der Waals surface area contributed by atoms with Gasteiger partial charge in [0.25, 0.3) is 0 Å². The molecule has 1 atom stereocenters. The Morgan fingerprint density at radius 1 is 1.45 bits per heavy atom. The van der Waals surface area contributed by atoms with Crippen LogP contribution in [0.3, 0.4) is 0 Å². The number of carbonyl (C=O) groups excluding carboxylic acids is 1. The first-order valence-electron chi connectivity index (χ1n) is 7.21. The standard InChI is InChI=1S/C16H22ClNO2/c1-12(19)15-11-13(17)6-7-16(15)20-10-8-14-5-3-4-9-18(14)2/h6-7,11,14H,3-5,8-10H2,1-2H3. The molecule has 110 valence electrons. The number of nitrogens with zero attached hydrogens (tertiary/aromatic N) is 1. The van der Waals surface area contributed by atoms with Gasteiger partial charge in [-0.3, -0.25) is 4.79 Å². The monoisotopic (exact) mass is 295 g/mol. The summed E-state index contributed by atoms with van der Waals surface area (Å²) >= 11 is 5.92. The first-order chi connectivity index (χ1) is 9.58. The number of halogens is 1. The molecule has 0 bridgehead atoms. The summed E-state index contributed by atoms with van der Waals surface area (Å²) in [6.45, 7) is 3.34. The highest BCUT2D eigenvalue weighted by atomic mass is 35.5. The lowest BCUT2D eigenvalue weighted by Crippen LogP contribution is -2.37. The number of Topliss-reactive ketones (excluding diaryl/α,β-unsaturated/α-hetero) is 1. The van der Waals surface area contributed by atoms with E-state index in [1.54, 1.807) is 18.2 Å². The number of hydrogen-bond acceptors (Lipinski definition) is 3. The molecule has 0 spiro atoms. The van der Waals surface area contributed by atoms with E-state index in [9.17, 15) is 4.79 Å². The fourth-order valence-corrected chi connectivity index (χ4v) is 2.89. The number of rotatable bonds is 5. The molecule has 1 aromatic rings. The first kappa shape index (κ1) is 15.3. The van der Waals surface area contributed by atoms with Crippen molar-refractivity contribution in [2.24, 2.45) is 0 Å². The van der Waals surface area contributed by atoms with Crippen molar-refractivity contribution in [3.8, 4) is 5.75 Å². The Morgan fingerprint density at radius 3 is 2.95 bits per heavy atom. The molecule has 0 amide bonds. The van der Waals surface area contributed by atoms with Gasteiger partial charge in [0.2, 0.25) is 0 Å². The smallest absolute Gasteiger partial charge is 0.163 e. The maximum Gasteiger partial charge on any atom is 0.163 e. The van der Waals surface area contributed by atoms with Crippen LogP contribution in [0.25, 0.3) is 0 Å². The summed E-state index contributed by atoms with van der Waals surface area (Å²) in [7, 11) is 2.17. The lowest BCUT2D eigenvalue weighted by atomic mass is 10.0. The normalized spacial score (nSPS) is 19.9. The minimum absolute atomic E-state index is 0.0164. The second-order valence-corrected chi connectivity index (χ2v) is 5.90. The molecule has 1 saturated heterocycles. The predicted octanol–water partition coefficient (Wildman–Crippen LogP) is 3.80. The Hall–Kier alpha value is -1.06. The summed E-state index contributed by atoms with van der Waals surface area (Å²) in [5.74, 6) is 0.623. The predicted molar refractivity (Wildman–Crippen MR) is 81.8 cm³/mol. The fourth-order valence-electron chi connectivity index (χ4n) is 2.72. The van der Waals surface area contributed by atoms with Gasteiger partial charge in [0.1, 0.15) is 5.75 Å². The van der Waals surface area contributed by atoms with Crippen molar-refractivity contribution < 1.29 is 9.53 Å². The lowest BCUT2D eigenvalue weighted by molar-refractivity contribution is 0.101. The zero-order valence-electron chi connectivity index (χ0n) is 12.2. The summed E-state index contributed by atoms with van der Waals surface area (Å²) < 4.78 is 5.80. The van der Waals surface area contributed by atoms with Gasteiger partial charge in [-0.1, -0.05) is 18.0 Å². The molecule has 1 heterocycles. The average molecular weight is 296 g/mol. The van der Waals surface area contributed by atoms with E-state index in [-0.39, 0.29) is 5.78 Å². The van der Waals surface area contributed by atoms with Gasteiger partial charge in [-0.15, -0.1) is 0 Å². The third-order valence-electron chi connectivity index (χ3n) is 3.95. The van der Waals surface area contributed by atoms with Crippen molar-refractivity contribution >= 4 is 17.4 Å². The Balaban J connectivity index is 1.92. The molecule has 3 nitrogen and oxygen atoms in total. The molecule has 2 rings (SSSR count). The maximum absolute atomic E-state index is 11.6. The van der Waals surface area contributed by atoms with Gasteiger partial charge < -0.3 is 9.64 Å². The third-order valence-corrected chi connectivity index (χ3v) is 4.19. The summed E-state index contributed by atoms with van der Waals surface area (Å²) in [5, 5.41) is 0.564. The molecule has 0 radical (unpaired) electrons. The van der Waals surface area contributed by atoms with Crippen molar-refractivity contribution in [3.05, 3.63) is 28.8 Å². The minimum Gasteiger partial charge on any atom is -0.493 e. The molecule has 1 aromatic carbocycles. The largest absolute Gasteiger partial charge is 0.493 e. The maximum atomic E-state index is 11.6. The molecule has 1 unspecified atom stereocenters. The molecule has 20 heavy (non-hydrogen) atoms. The van der Waals surface area contributed by atoms with Gasteiger partial charge >= 0.3 is 0 Å². The van der Waals surface area contributed by atoms with E-state index in [4.69, 9.17) is 16.3 Å². The minimum atomic E-state index is -0.0164. The summed E-state index contributed by atoms with van der Waals surface area (Å²) in [6.07, 6.45) is 4.82. The third kappa shape index (κ3) is 3.97.